The molecule has 0 atom stereocenters. The van der Waals surface area contributed by atoms with E-state index in [1.54, 1.807) is 18.2 Å². The van der Waals surface area contributed by atoms with Crippen LogP contribution < -0.4 is 16.0 Å². The van der Waals surface area contributed by atoms with Gasteiger partial charge in [0.25, 0.3) is 0 Å². The molecular weight excluding hydrogens is 380 g/mol. The number of anilines is 3. The van der Waals surface area contributed by atoms with Crippen molar-refractivity contribution in [2.75, 3.05) is 22.5 Å². The minimum absolute atomic E-state index is 0.0334. The van der Waals surface area contributed by atoms with E-state index >= 15 is 0 Å². The van der Waals surface area contributed by atoms with E-state index in [9.17, 15) is 14.0 Å². The zero-order valence-corrected chi connectivity index (χ0v) is 15.5. The van der Waals surface area contributed by atoms with Gasteiger partial charge < -0.3 is 16.0 Å². The molecule has 0 aromatic heterocycles. The smallest absolute Gasteiger partial charge is 0.243 e. The van der Waals surface area contributed by atoms with Gasteiger partial charge in [-0.3, -0.25) is 9.59 Å². The highest BCUT2D eigenvalue weighted by molar-refractivity contribution is 6.34. The van der Waals surface area contributed by atoms with Crippen molar-refractivity contribution in [3.05, 3.63) is 52.3 Å². The third kappa shape index (κ3) is 5.89. The molecule has 3 N–H and O–H groups in total. The fourth-order valence-electron chi connectivity index (χ4n) is 2.13. The zero-order chi connectivity index (χ0) is 19.1. The summed E-state index contributed by atoms with van der Waals surface area (Å²) in [5, 5.41) is 8.55. The molecule has 8 heteroatoms. The Kier molecular flexibility index (Phi) is 7.24. The lowest BCUT2D eigenvalue weighted by atomic mass is 10.2. The Labute approximate surface area is 160 Å². The molecule has 0 fully saturated rings. The van der Waals surface area contributed by atoms with Crippen LogP contribution in [0.5, 0.6) is 0 Å². The van der Waals surface area contributed by atoms with Crippen molar-refractivity contribution in [1.29, 1.82) is 0 Å². The first-order valence-corrected chi connectivity index (χ1v) is 8.72. The van der Waals surface area contributed by atoms with Crippen LogP contribution in [0.25, 0.3) is 0 Å². The van der Waals surface area contributed by atoms with Crippen LogP contribution in [0.2, 0.25) is 10.0 Å². The molecule has 0 saturated carbocycles. The first-order valence-electron chi connectivity index (χ1n) is 7.97. The van der Waals surface area contributed by atoms with Gasteiger partial charge in [-0.25, -0.2) is 4.39 Å². The standard InChI is InChI=1S/C18H18Cl2FN3O2/c1-2-3-17(25)23-12-4-6-13(19)16(9-12)24-18(26)10-22-11-5-7-15(21)14(20)8-11/h4-9,22H,2-3,10H2,1H3,(H,23,25)(H,24,26). The molecule has 26 heavy (non-hydrogen) atoms. The Morgan fingerprint density at radius 2 is 1.69 bits per heavy atom. The summed E-state index contributed by atoms with van der Waals surface area (Å²) in [5.74, 6) is -0.998. The van der Waals surface area contributed by atoms with Crippen LogP contribution in [0.15, 0.2) is 36.4 Å². The molecule has 2 aromatic rings. The maximum absolute atomic E-state index is 13.1. The summed E-state index contributed by atoms with van der Waals surface area (Å²) >= 11 is 11.8. The maximum Gasteiger partial charge on any atom is 0.243 e. The zero-order valence-electron chi connectivity index (χ0n) is 14.0. The van der Waals surface area contributed by atoms with E-state index < -0.39 is 5.82 Å². The van der Waals surface area contributed by atoms with Crippen molar-refractivity contribution < 1.29 is 14.0 Å². The Hall–Kier alpha value is -2.31. The highest BCUT2D eigenvalue weighted by Crippen LogP contribution is 2.26. The van der Waals surface area contributed by atoms with Gasteiger partial charge in [0.05, 0.1) is 22.3 Å². The van der Waals surface area contributed by atoms with Crippen molar-refractivity contribution in [2.24, 2.45) is 0 Å². The molecule has 2 rings (SSSR count). The third-order valence-electron chi connectivity index (χ3n) is 3.37. The Morgan fingerprint density at radius 3 is 2.38 bits per heavy atom. The van der Waals surface area contributed by atoms with Crippen LogP contribution in [0, 0.1) is 5.82 Å². The minimum atomic E-state index is -0.532. The number of carbonyl (C=O) groups excluding carboxylic acids is 2. The molecule has 0 saturated heterocycles. The van der Waals surface area contributed by atoms with Gasteiger partial charge in [-0.1, -0.05) is 30.1 Å². The number of hydrogen-bond donors (Lipinski definition) is 3. The summed E-state index contributed by atoms with van der Waals surface area (Å²) in [7, 11) is 0. The molecular formula is C18H18Cl2FN3O2. The van der Waals surface area contributed by atoms with E-state index in [-0.39, 0.29) is 23.4 Å². The van der Waals surface area contributed by atoms with Gasteiger partial charge in [0, 0.05) is 17.8 Å². The Morgan fingerprint density at radius 1 is 0.962 bits per heavy atom. The van der Waals surface area contributed by atoms with Gasteiger partial charge in [0.15, 0.2) is 0 Å². The lowest BCUT2D eigenvalue weighted by molar-refractivity contribution is -0.116. The summed E-state index contributed by atoms with van der Waals surface area (Å²) in [5.41, 5.74) is 1.43. The second kappa shape index (κ2) is 9.40. The lowest BCUT2D eigenvalue weighted by Crippen LogP contribution is -2.22. The van der Waals surface area contributed by atoms with Crippen molar-refractivity contribution in [3.63, 3.8) is 0 Å². The summed E-state index contributed by atoms with van der Waals surface area (Å²) in [6, 6.07) is 8.91. The summed E-state index contributed by atoms with van der Waals surface area (Å²) in [6.45, 7) is 1.85. The summed E-state index contributed by atoms with van der Waals surface area (Å²) in [6.07, 6.45) is 1.15. The van der Waals surface area contributed by atoms with Gasteiger partial charge >= 0.3 is 0 Å². The van der Waals surface area contributed by atoms with Crippen molar-refractivity contribution in [3.8, 4) is 0 Å². The molecule has 2 amide bonds. The molecule has 0 aliphatic rings. The van der Waals surface area contributed by atoms with Crippen LogP contribution in [0.3, 0.4) is 0 Å². The molecule has 5 nitrogen and oxygen atoms in total. The number of hydrogen-bond acceptors (Lipinski definition) is 3. The third-order valence-corrected chi connectivity index (χ3v) is 3.99. The second-order valence-corrected chi connectivity index (χ2v) is 6.34. The number of carbonyl (C=O) groups is 2. The first kappa shape index (κ1) is 20.0. The fraction of sp³-hybridized carbons (Fsp3) is 0.222. The quantitative estimate of drug-likeness (QED) is 0.620. The topological polar surface area (TPSA) is 70.2 Å². The molecule has 0 bridgehead atoms. The molecule has 0 radical (unpaired) electrons. The van der Waals surface area contributed by atoms with E-state index in [0.29, 0.717) is 28.5 Å². The fourth-order valence-corrected chi connectivity index (χ4v) is 2.48. The van der Waals surface area contributed by atoms with Crippen LogP contribution in [-0.2, 0) is 9.59 Å². The van der Waals surface area contributed by atoms with Gasteiger partial charge in [0.2, 0.25) is 11.8 Å². The van der Waals surface area contributed by atoms with E-state index in [0.717, 1.165) is 6.42 Å². The normalized spacial score (nSPS) is 10.3. The van der Waals surface area contributed by atoms with E-state index in [2.05, 4.69) is 16.0 Å². The second-order valence-electron chi connectivity index (χ2n) is 5.52. The van der Waals surface area contributed by atoms with Gasteiger partial charge in [-0.2, -0.15) is 0 Å². The Balaban J connectivity index is 1.97. The summed E-state index contributed by atoms with van der Waals surface area (Å²) < 4.78 is 13.1. The van der Waals surface area contributed by atoms with E-state index in [4.69, 9.17) is 23.2 Å². The molecule has 0 aliphatic heterocycles. The molecule has 0 unspecified atom stereocenters. The number of nitrogens with one attached hydrogen (secondary N) is 3. The minimum Gasteiger partial charge on any atom is -0.376 e. The average Bonchev–Trinajstić information content (AvgIpc) is 2.59. The number of amides is 2. The van der Waals surface area contributed by atoms with Gasteiger partial charge in [-0.05, 0) is 42.8 Å². The van der Waals surface area contributed by atoms with Crippen molar-refractivity contribution in [2.45, 2.75) is 19.8 Å². The molecule has 0 spiro atoms. The van der Waals surface area contributed by atoms with Crippen LogP contribution in [0.1, 0.15) is 19.8 Å². The predicted octanol–water partition coefficient (Wildman–Crippen LogP) is 4.92. The Bertz CT molecular complexity index is 815. The van der Waals surface area contributed by atoms with E-state index in [1.807, 2.05) is 6.92 Å². The lowest BCUT2D eigenvalue weighted by Gasteiger charge is -2.11. The molecule has 138 valence electrons. The highest BCUT2D eigenvalue weighted by Gasteiger charge is 2.09. The number of benzene rings is 2. The van der Waals surface area contributed by atoms with Crippen molar-refractivity contribution >= 4 is 52.1 Å². The maximum atomic E-state index is 13.1. The van der Waals surface area contributed by atoms with Crippen LogP contribution in [0.4, 0.5) is 21.5 Å². The van der Waals surface area contributed by atoms with E-state index in [1.165, 1.54) is 18.2 Å². The van der Waals surface area contributed by atoms with Gasteiger partial charge in [-0.15, -0.1) is 0 Å². The highest BCUT2D eigenvalue weighted by atomic mass is 35.5. The largest absolute Gasteiger partial charge is 0.376 e. The number of rotatable bonds is 7. The monoisotopic (exact) mass is 397 g/mol. The predicted molar refractivity (Wildman–Crippen MR) is 104 cm³/mol. The van der Waals surface area contributed by atoms with Crippen LogP contribution >= 0.6 is 23.2 Å². The summed E-state index contributed by atoms with van der Waals surface area (Å²) in [4.78, 5) is 23.8. The molecule has 0 aliphatic carbocycles. The number of halogens is 3. The first-order chi connectivity index (χ1) is 12.4. The molecule has 2 aromatic carbocycles. The van der Waals surface area contributed by atoms with Gasteiger partial charge in [0.1, 0.15) is 5.82 Å². The SMILES string of the molecule is CCCC(=O)Nc1ccc(Cl)c(NC(=O)CNc2ccc(F)c(Cl)c2)c1. The molecule has 0 heterocycles. The van der Waals surface area contributed by atoms with Crippen LogP contribution in [-0.4, -0.2) is 18.4 Å². The van der Waals surface area contributed by atoms with Crippen molar-refractivity contribution in [1.82, 2.24) is 0 Å². The average molecular weight is 398 g/mol.